The average Bonchev–Trinajstić information content (AvgIpc) is 3.46. The molecule has 1 aliphatic carbocycles. The molecule has 0 saturated heterocycles. The van der Waals surface area contributed by atoms with Crippen molar-refractivity contribution >= 4 is 5.97 Å². The van der Waals surface area contributed by atoms with Crippen molar-refractivity contribution in [2.75, 3.05) is 13.2 Å². The van der Waals surface area contributed by atoms with Gasteiger partial charge in [-0.1, -0.05) is 0 Å². The molecule has 0 atom stereocenters. The number of aliphatic carboxylic acids is 1. The smallest absolute Gasteiger partial charge is 0.335 e. The van der Waals surface area contributed by atoms with Gasteiger partial charge in [0.2, 0.25) is 0 Å². The van der Waals surface area contributed by atoms with E-state index >= 15 is 0 Å². The number of hydrogen-bond donors (Lipinski definition) is 2. The Balaban J connectivity index is 1.43. The third-order valence-electron chi connectivity index (χ3n) is 5.12. The number of aryl methyl sites for hydroxylation is 1. The van der Waals surface area contributed by atoms with Crippen LogP contribution in [0.2, 0.25) is 0 Å². The van der Waals surface area contributed by atoms with Crippen molar-refractivity contribution in [2.24, 2.45) is 11.3 Å². The minimum Gasteiger partial charge on any atom is -0.491 e. The van der Waals surface area contributed by atoms with Crippen LogP contribution in [0.1, 0.15) is 32.3 Å². The van der Waals surface area contributed by atoms with E-state index in [4.69, 9.17) is 9.47 Å². The van der Waals surface area contributed by atoms with Gasteiger partial charge >= 0.3 is 12.0 Å². The second-order valence-corrected chi connectivity index (χ2v) is 8.47. The van der Waals surface area contributed by atoms with Gasteiger partial charge in [0.15, 0.2) is 5.82 Å². The highest BCUT2D eigenvalue weighted by Crippen LogP contribution is 2.29. The average molecular weight is 423 g/mol. The van der Waals surface area contributed by atoms with Crippen LogP contribution < -0.4 is 9.47 Å². The van der Waals surface area contributed by atoms with Crippen molar-refractivity contribution in [1.82, 2.24) is 25.1 Å². The van der Waals surface area contributed by atoms with Crippen molar-refractivity contribution in [2.45, 2.75) is 33.6 Å². The maximum absolute atomic E-state index is 11.2. The first kappa shape index (κ1) is 20.8. The van der Waals surface area contributed by atoms with E-state index in [0.717, 1.165) is 16.8 Å². The first-order valence-electron chi connectivity index (χ1n) is 10.2. The van der Waals surface area contributed by atoms with Gasteiger partial charge in [0.25, 0.3) is 0 Å². The number of nitrogens with one attached hydrogen (secondary N) is 1. The van der Waals surface area contributed by atoms with Crippen LogP contribution in [0.3, 0.4) is 0 Å². The molecule has 0 aliphatic heterocycles. The van der Waals surface area contributed by atoms with E-state index in [0.29, 0.717) is 35.8 Å². The van der Waals surface area contributed by atoms with Crippen molar-refractivity contribution in [3.05, 3.63) is 36.2 Å². The van der Waals surface area contributed by atoms with E-state index in [-0.39, 0.29) is 6.61 Å². The predicted molar refractivity (Wildman–Crippen MR) is 113 cm³/mol. The van der Waals surface area contributed by atoms with E-state index < -0.39 is 11.4 Å². The number of hydrogen-bond acceptors (Lipinski definition) is 7. The van der Waals surface area contributed by atoms with Crippen LogP contribution in [0.5, 0.6) is 11.8 Å². The van der Waals surface area contributed by atoms with Gasteiger partial charge in [-0.2, -0.15) is 4.98 Å². The van der Waals surface area contributed by atoms with Crippen LogP contribution in [-0.2, 0) is 4.79 Å². The van der Waals surface area contributed by atoms with E-state index in [9.17, 15) is 9.90 Å². The summed E-state index contributed by atoms with van der Waals surface area (Å²) in [6.45, 7) is 5.86. The number of rotatable bonds is 9. The molecule has 1 aliphatic rings. The maximum atomic E-state index is 11.2. The molecule has 9 heteroatoms. The third-order valence-corrected chi connectivity index (χ3v) is 5.12. The molecule has 0 aromatic carbocycles. The van der Waals surface area contributed by atoms with Crippen molar-refractivity contribution in [1.29, 1.82) is 0 Å². The zero-order valence-electron chi connectivity index (χ0n) is 17.8. The fourth-order valence-corrected chi connectivity index (χ4v) is 2.81. The Morgan fingerprint density at radius 2 is 2.03 bits per heavy atom. The summed E-state index contributed by atoms with van der Waals surface area (Å²) in [6.07, 6.45) is 5.71. The van der Waals surface area contributed by atoms with Crippen molar-refractivity contribution < 1.29 is 19.4 Å². The van der Waals surface area contributed by atoms with Crippen LogP contribution in [0.15, 0.2) is 30.6 Å². The van der Waals surface area contributed by atoms with Gasteiger partial charge < -0.3 is 14.6 Å². The monoisotopic (exact) mass is 423 g/mol. The first-order valence-corrected chi connectivity index (χ1v) is 10.2. The molecule has 3 aromatic rings. The highest BCUT2D eigenvalue weighted by atomic mass is 16.5. The molecule has 3 heterocycles. The van der Waals surface area contributed by atoms with Gasteiger partial charge in [-0.05, 0) is 63.3 Å². The number of carboxylic acids is 1. The SMILES string of the molecule is Cc1cc(OCC(C)(C)C(=O)O)cnc1-c1ccc(-c2nc(OCC3CC3)n[nH]2)cn1. The lowest BCUT2D eigenvalue weighted by Gasteiger charge is -2.19. The number of carbonyl (C=O) groups is 1. The van der Waals surface area contributed by atoms with Gasteiger partial charge in [-0.15, -0.1) is 5.10 Å². The Morgan fingerprint density at radius 3 is 2.68 bits per heavy atom. The Labute approximate surface area is 179 Å². The maximum Gasteiger partial charge on any atom is 0.335 e. The van der Waals surface area contributed by atoms with Crippen LogP contribution in [0.25, 0.3) is 22.8 Å². The van der Waals surface area contributed by atoms with Gasteiger partial charge in [0.1, 0.15) is 12.4 Å². The number of nitrogens with zero attached hydrogens (tertiary/aromatic N) is 4. The summed E-state index contributed by atoms with van der Waals surface area (Å²) >= 11 is 0. The minimum absolute atomic E-state index is 0.0548. The molecule has 31 heavy (non-hydrogen) atoms. The van der Waals surface area contributed by atoms with Gasteiger partial charge in [0.05, 0.1) is 29.6 Å². The third kappa shape index (κ3) is 4.99. The van der Waals surface area contributed by atoms with E-state index in [1.807, 2.05) is 25.1 Å². The molecule has 162 valence electrons. The molecule has 0 radical (unpaired) electrons. The Hall–Kier alpha value is -3.49. The minimum atomic E-state index is -0.979. The van der Waals surface area contributed by atoms with E-state index in [1.54, 1.807) is 26.2 Å². The lowest BCUT2D eigenvalue weighted by Crippen LogP contribution is -2.30. The molecular formula is C22H25N5O4. The molecule has 3 aromatic heterocycles. The Bertz CT molecular complexity index is 1070. The second kappa shape index (κ2) is 8.33. The zero-order chi connectivity index (χ0) is 22.0. The molecule has 4 rings (SSSR count). The fourth-order valence-electron chi connectivity index (χ4n) is 2.81. The first-order chi connectivity index (χ1) is 14.8. The van der Waals surface area contributed by atoms with Crippen LogP contribution in [0, 0.1) is 18.3 Å². The number of H-pyrrole nitrogens is 1. The number of carboxylic acid groups (broad SMARTS) is 1. The number of pyridine rings is 2. The summed E-state index contributed by atoms with van der Waals surface area (Å²) in [5, 5.41) is 16.2. The molecule has 2 N–H and O–H groups in total. The Kier molecular flexibility index (Phi) is 5.58. The quantitative estimate of drug-likeness (QED) is 0.536. The predicted octanol–water partition coefficient (Wildman–Crippen LogP) is 3.52. The molecule has 9 nitrogen and oxygen atoms in total. The highest BCUT2D eigenvalue weighted by molar-refractivity contribution is 5.73. The summed E-state index contributed by atoms with van der Waals surface area (Å²) in [7, 11) is 0. The molecular weight excluding hydrogens is 398 g/mol. The molecule has 1 saturated carbocycles. The van der Waals surface area contributed by atoms with Crippen LogP contribution in [-0.4, -0.2) is 49.4 Å². The standard InChI is InChI=1S/C22H25N5O4/c1-13-8-16(31-12-22(2,3)20(28)29)10-24-18(13)17-7-6-15(9-23-17)19-25-21(27-26-19)30-11-14-4-5-14/h6-10,14H,4-5,11-12H2,1-3H3,(H,28,29)(H,25,26,27). The fraction of sp³-hybridized carbons (Fsp3) is 0.409. The number of aromatic amines is 1. The largest absolute Gasteiger partial charge is 0.491 e. The van der Waals surface area contributed by atoms with Crippen molar-refractivity contribution in [3.63, 3.8) is 0 Å². The Morgan fingerprint density at radius 1 is 1.23 bits per heavy atom. The normalized spacial score (nSPS) is 13.8. The molecule has 0 spiro atoms. The molecule has 0 unspecified atom stereocenters. The molecule has 0 bridgehead atoms. The summed E-state index contributed by atoms with van der Waals surface area (Å²) in [5.41, 5.74) is 2.13. The topological polar surface area (TPSA) is 123 Å². The summed E-state index contributed by atoms with van der Waals surface area (Å²) in [5.74, 6) is 0.845. The lowest BCUT2D eigenvalue weighted by atomic mass is 9.95. The van der Waals surface area contributed by atoms with Crippen LogP contribution >= 0.6 is 0 Å². The van der Waals surface area contributed by atoms with Gasteiger partial charge in [0, 0.05) is 11.8 Å². The second-order valence-electron chi connectivity index (χ2n) is 8.47. The lowest BCUT2D eigenvalue weighted by molar-refractivity contribution is -0.148. The zero-order valence-corrected chi connectivity index (χ0v) is 17.8. The summed E-state index contributed by atoms with van der Waals surface area (Å²) < 4.78 is 11.2. The molecule has 1 fully saturated rings. The van der Waals surface area contributed by atoms with E-state index in [2.05, 4.69) is 25.1 Å². The summed E-state index contributed by atoms with van der Waals surface area (Å²) in [4.78, 5) is 24.5. The highest BCUT2D eigenvalue weighted by Gasteiger charge is 2.28. The van der Waals surface area contributed by atoms with E-state index in [1.165, 1.54) is 12.8 Å². The number of aromatic nitrogens is 5. The van der Waals surface area contributed by atoms with Crippen LogP contribution in [0.4, 0.5) is 0 Å². The number of ether oxygens (including phenoxy) is 2. The molecule has 0 amide bonds. The van der Waals surface area contributed by atoms with Gasteiger partial charge in [-0.3, -0.25) is 19.9 Å². The van der Waals surface area contributed by atoms with Crippen molar-refractivity contribution in [3.8, 4) is 34.5 Å². The summed E-state index contributed by atoms with van der Waals surface area (Å²) in [6, 6.07) is 5.95. The van der Waals surface area contributed by atoms with Gasteiger partial charge in [-0.25, -0.2) is 0 Å².